The molecule has 2 aromatic rings. The van der Waals surface area contributed by atoms with Crippen LogP contribution in [0.25, 0.3) is 0 Å². The fraction of sp³-hybridized carbons (Fsp3) is 0.450. The summed E-state index contributed by atoms with van der Waals surface area (Å²) in [6.45, 7) is 9.51. The number of likely N-dealkylation sites (tertiary alicyclic amines) is 1. The average molecular weight is 366 g/mol. The van der Waals surface area contributed by atoms with Crippen molar-refractivity contribution >= 4 is 29.0 Å². The fourth-order valence-electron chi connectivity index (χ4n) is 3.83. The number of nitrogens with zero attached hydrogens (tertiary/aromatic N) is 3. The van der Waals surface area contributed by atoms with Crippen molar-refractivity contribution in [3.63, 3.8) is 0 Å². The Morgan fingerprint density at radius 2 is 2.00 bits per heavy atom. The van der Waals surface area contributed by atoms with E-state index in [1.807, 2.05) is 19.9 Å². The van der Waals surface area contributed by atoms with Crippen LogP contribution in [-0.2, 0) is 0 Å². The maximum Gasteiger partial charge on any atom is 0.261 e. The lowest BCUT2D eigenvalue weighted by Gasteiger charge is -2.31. The van der Waals surface area contributed by atoms with E-state index in [4.69, 9.17) is 0 Å². The standard InChI is InChI=1S/C20H26N6O/c1-4-26-7-5-14(6-8-26)22-20-21-11-15-18(25-20)24-17-13(3)9-12(2)10-16(17)23-19(15)27/h9-11,14H,4-8H2,1-3H3,(H,23,27)(H2,21,22,24,25). The molecule has 1 aromatic heterocycles. The van der Waals surface area contributed by atoms with Crippen molar-refractivity contribution in [2.45, 2.75) is 39.7 Å². The lowest BCUT2D eigenvalue weighted by atomic mass is 10.1. The summed E-state index contributed by atoms with van der Waals surface area (Å²) in [7, 11) is 0. The molecule has 1 aromatic carbocycles. The molecule has 4 rings (SSSR count). The molecule has 7 heteroatoms. The van der Waals surface area contributed by atoms with Gasteiger partial charge in [0.25, 0.3) is 5.91 Å². The predicted octanol–water partition coefficient (Wildman–Crippen LogP) is 3.30. The Bertz CT molecular complexity index is 873. The minimum Gasteiger partial charge on any atom is -0.351 e. The van der Waals surface area contributed by atoms with Gasteiger partial charge in [0, 0.05) is 25.3 Å². The summed E-state index contributed by atoms with van der Waals surface area (Å²) in [5, 5.41) is 9.74. The first-order chi connectivity index (χ1) is 13.0. The summed E-state index contributed by atoms with van der Waals surface area (Å²) in [6.07, 6.45) is 3.75. The summed E-state index contributed by atoms with van der Waals surface area (Å²) in [6, 6.07) is 4.42. The number of carbonyl (C=O) groups excluding carboxylic acids is 1. The number of piperidine rings is 1. The van der Waals surface area contributed by atoms with Gasteiger partial charge in [-0.1, -0.05) is 13.0 Å². The first-order valence-electron chi connectivity index (χ1n) is 9.59. The quantitative estimate of drug-likeness (QED) is 0.773. The number of amides is 1. The van der Waals surface area contributed by atoms with Crippen LogP contribution >= 0.6 is 0 Å². The number of benzene rings is 1. The molecule has 0 radical (unpaired) electrons. The lowest BCUT2D eigenvalue weighted by Crippen LogP contribution is -2.39. The molecule has 0 aliphatic carbocycles. The third kappa shape index (κ3) is 3.60. The topological polar surface area (TPSA) is 82.2 Å². The number of carbonyl (C=O) groups is 1. The van der Waals surface area contributed by atoms with Gasteiger partial charge in [-0.3, -0.25) is 4.79 Å². The number of hydrogen-bond acceptors (Lipinski definition) is 6. The zero-order valence-corrected chi connectivity index (χ0v) is 16.1. The molecule has 142 valence electrons. The van der Waals surface area contributed by atoms with E-state index in [1.54, 1.807) is 6.20 Å². The summed E-state index contributed by atoms with van der Waals surface area (Å²) in [4.78, 5) is 24.0. The zero-order valence-electron chi connectivity index (χ0n) is 16.1. The third-order valence-corrected chi connectivity index (χ3v) is 5.37. The van der Waals surface area contributed by atoms with E-state index in [2.05, 4.69) is 43.8 Å². The molecule has 0 bridgehead atoms. The van der Waals surface area contributed by atoms with Gasteiger partial charge in [0.1, 0.15) is 11.4 Å². The van der Waals surface area contributed by atoms with Crippen molar-refractivity contribution < 1.29 is 4.79 Å². The number of aromatic nitrogens is 2. The van der Waals surface area contributed by atoms with Crippen LogP contribution in [0.3, 0.4) is 0 Å². The van der Waals surface area contributed by atoms with Gasteiger partial charge in [-0.15, -0.1) is 0 Å². The molecule has 27 heavy (non-hydrogen) atoms. The third-order valence-electron chi connectivity index (χ3n) is 5.37. The Kier molecular flexibility index (Phi) is 4.70. The maximum atomic E-state index is 12.6. The molecule has 2 aliphatic heterocycles. The van der Waals surface area contributed by atoms with Crippen LogP contribution in [0.2, 0.25) is 0 Å². The number of aryl methyl sites for hydroxylation is 2. The van der Waals surface area contributed by atoms with Crippen LogP contribution in [0.5, 0.6) is 0 Å². The molecule has 1 fully saturated rings. The van der Waals surface area contributed by atoms with Gasteiger partial charge >= 0.3 is 0 Å². The second-order valence-electron chi connectivity index (χ2n) is 7.39. The SMILES string of the molecule is CCN1CCC(Nc2ncc3c(n2)Nc2c(C)cc(C)cc2NC3=O)CC1. The summed E-state index contributed by atoms with van der Waals surface area (Å²) < 4.78 is 0. The van der Waals surface area contributed by atoms with Crippen LogP contribution in [0, 0.1) is 13.8 Å². The number of hydrogen-bond donors (Lipinski definition) is 3. The zero-order chi connectivity index (χ0) is 19.0. The smallest absolute Gasteiger partial charge is 0.261 e. The Hall–Kier alpha value is -2.67. The van der Waals surface area contributed by atoms with Crippen molar-refractivity contribution in [3.8, 4) is 0 Å². The second kappa shape index (κ2) is 7.15. The summed E-state index contributed by atoms with van der Waals surface area (Å²) in [5.74, 6) is 0.919. The number of rotatable bonds is 3. The Morgan fingerprint density at radius 1 is 1.22 bits per heavy atom. The number of nitrogens with one attached hydrogen (secondary N) is 3. The number of fused-ring (bicyclic) bond motifs is 2. The van der Waals surface area contributed by atoms with Gasteiger partial charge in [-0.25, -0.2) is 4.98 Å². The molecule has 7 nitrogen and oxygen atoms in total. The molecule has 2 aliphatic rings. The van der Waals surface area contributed by atoms with Crippen molar-refractivity contribution in [1.82, 2.24) is 14.9 Å². The van der Waals surface area contributed by atoms with Crippen molar-refractivity contribution in [3.05, 3.63) is 35.0 Å². The lowest BCUT2D eigenvalue weighted by molar-refractivity contribution is 0.102. The van der Waals surface area contributed by atoms with Crippen LogP contribution in [0.1, 0.15) is 41.3 Å². The van der Waals surface area contributed by atoms with Crippen molar-refractivity contribution in [2.24, 2.45) is 0 Å². The molecule has 0 unspecified atom stereocenters. The molecule has 3 N–H and O–H groups in total. The van der Waals surface area contributed by atoms with Crippen molar-refractivity contribution in [1.29, 1.82) is 0 Å². The Labute approximate surface area is 159 Å². The van der Waals surface area contributed by atoms with E-state index in [1.165, 1.54) is 0 Å². The Morgan fingerprint density at radius 3 is 2.74 bits per heavy atom. The second-order valence-corrected chi connectivity index (χ2v) is 7.39. The Balaban J connectivity index is 1.58. The molecule has 1 amide bonds. The first kappa shape index (κ1) is 17.7. The first-order valence-corrected chi connectivity index (χ1v) is 9.59. The highest BCUT2D eigenvalue weighted by Gasteiger charge is 2.24. The van der Waals surface area contributed by atoms with Gasteiger partial charge < -0.3 is 20.9 Å². The fourth-order valence-corrected chi connectivity index (χ4v) is 3.83. The van der Waals surface area contributed by atoms with Crippen LogP contribution in [-0.4, -0.2) is 46.5 Å². The summed E-state index contributed by atoms with van der Waals surface area (Å²) >= 11 is 0. The number of anilines is 4. The highest BCUT2D eigenvalue weighted by molar-refractivity contribution is 6.11. The van der Waals surface area contributed by atoms with Gasteiger partial charge in [-0.2, -0.15) is 4.98 Å². The maximum absolute atomic E-state index is 12.6. The molecule has 0 saturated carbocycles. The van der Waals surface area contributed by atoms with E-state index < -0.39 is 0 Å². The normalized spacial score (nSPS) is 17.4. The van der Waals surface area contributed by atoms with Gasteiger partial charge in [0.15, 0.2) is 0 Å². The van der Waals surface area contributed by atoms with Crippen LogP contribution < -0.4 is 16.0 Å². The molecule has 0 atom stereocenters. The van der Waals surface area contributed by atoms with E-state index >= 15 is 0 Å². The van der Waals surface area contributed by atoms with Gasteiger partial charge in [0.05, 0.1) is 11.4 Å². The van der Waals surface area contributed by atoms with Crippen LogP contribution in [0.4, 0.5) is 23.1 Å². The molecule has 3 heterocycles. The van der Waals surface area contributed by atoms with Crippen LogP contribution in [0.15, 0.2) is 18.3 Å². The van der Waals surface area contributed by atoms with Gasteiger partial charge in [0.2, 0.25) is 5.95 Å². The molecular formula is C20H26N6O. The minimum atomic E-state index is -0.191. The average Bonchev–Trinajstić information content (AvgIpc) is 2.78. The van der Waals surface area contributed by atoms with E-state index in [0.717, 1.165) is 55.0 Å². The predicted molar refractivity (Wildman–Crippen MR) is 108 cm³/mol. The molecule has 0 spiro atoms. The summed E-state index contributed by atoms with van der Waals surface area (Å²) in [5.41, 5.74) is 4.28. The van der Waals surface area contributed by atoms with Crippen molar-refractivity contribution in [2.75, 3.05) is 35.6 Å². The molecule has 1 saturated heterocycles. The van der Waals surface area contributed by atoms with E-state index in [9.17, 15) is 4.79 Å². The van der Waals surface area contributed by atoms with E-state index in [-0.39, 0.29) is 5.91 Å². The van der Waals surface area contributed by atoms with Gasteiger partial charge in [-0.05, 0) is 50.4 Å². The van der Waals surface area contributed by atoms with E-state index in [0.29, 0.717) is 23.4 Å². The minimum absolute atomic E-state index is 0.191. The highest BCUT2D eigenvalue weighted by atomic mass is 16.1. The monoisotopic (exact) mass is 366 g/mol. The highest BCUT2D eigenvalue weighted by Crippen LogP contribution is 2.34. The molecular weight excluding hydrogens is 340 g/mol. The largest absolute Gasteiger partial charge is 0.351 e.